The van der Waals surface area contributed by atoms with E-state index in [0.29, 0.717) is 5.56 Å². The first-order valence-electron chi connectivity index (χ1n) is 16.9. The maximum Gasteiger partial charge on any atom is 0.326 e. The van der Waals surface area contributed by atoms with E-state index in [9.17, 15) is 53.7 Å². The van der Waals surface area contributed by atoms with Gasteiger partial charge in [-0.05, 0) is 48.3 Å². The third-order valence-electron chi connectivity index (χ3n) is 7.86. The van der Waals surface area contributed by atoms with Crippen LogP contribution in [0.1, 0.15) is 66.4 Å². The Morgan fingerprint density at radius 3 is 1.52 bits per heavy atom. The zero-order valence-electron chi connectivity index (χ0n) is 30.5. The Hall–Kier alpha value is -5.26. The van der Waals surface area contributed by atoms with Gasteiger partial charge in [0.15, 0.2) is 0 Å². The van der Waals surface area contributed by atoms with Gasteiger partial charge in [-0.3, -0.25) is 33.6 Å². The van der Waals surface area contributed by atoms with Crippen LogP contribution in [0.2, 0.25) is 0 Å². The van der Waals surface area contributed by atoms with Crippen molar-refractivity contribution in [2.45, 2.75) is 103 Å². The van der Waals surface area contributed by atoms with Crippen LogP contribution < -0.4 is 37.6 Å². The van der Waals surface area contributed by atoms with E-state index in [1.165, 1.54) is 19.2 Å². The molecule has 1 aromatic rings. The van der Waals surface area contributed by atoms with E-state index in [1.807, 2.05) is 0 Å². The fraction of sp³-hybridized carbons (Fsp3) is 0.588. The van der Waals surface area contributed by atoms with Crippen molar-refractivity contribution in [2.24, 2.45) is 23.5 Å². The molecule has 1 rings (SSSR count). The van der Waals surface area contributed by atoms with Gasteiger partial charge in [-0.2, -0.15) is 0 Å². The van der Waals surface area contributed by atoms with Crippen molar-refractivity contribution in [3.8, 4) is 5.75 Å². The zero-order valence-corrected chi connectivity index (χ0v) is 30.5. The van der Waals surface area contributed by atoms with Crippen LogP contribution in [0.25, 0.3) is 0 Å². The number of nitrogens with two attached hydrogens (primary N) is 1. The Kier molecular flexibility index (Phi) is 18.2. The van der Waals surface area contributed by atoms with Gasteiger partial charge in [0.1, 0.15) is 36.0 Å². The van der Waals surface area contributed by atoms with Crippen LogP contribution in [0.15, 0.2) is 24.3 Å². The summed E-state index contributed by atoms with van der Waals surface area (Å²) in [5.41, 5.74) is 6.75. The lowest BCUT2D eigenvalue weighted by Crippen LogP contribution is -2.61. The molecule has 0 saturated carbocycles. The van der Waals surface area contributed by atoms with Gasteiger partial charge in [-0.15, -0.1) is 0 Å². The van der Waals surface area contributed by atoms with Crippen LogP contribution in [-0.2, 0) is 44.8 Å². The number of carbonyl (C=O) groups excluding carboxylic acids is 6. The molecule has 52 heavy (non-hydrogen) atoms. The molecule has 290 valence electrons. The van der Waals surface area contributed by atoms with Gasteiger partial charge in [-0.25, -0.2) is 4.79 Å². The summed E-state index contributed by atoms with van der Waals surface area (Å²) in [6, 6.07) is -2.23. The Labute approximate surface area is 302 Å². The van der Waals surface area contributed by atoms with Crippen molar-refractivity contribution in [3.05, 3.63) is 29.8 Å². The molecule has 0 aliphatic carbocycles. The number of phenols is 1. The van der Waals surface area contributed by atoms with E-state index in [4.69, 9.17) is 5.73 Å². The molecule has 0 bridgehead atoms. The molecule has 0 unspecified atom stereocenters. The first kappa shape index (κ1) is 44.8. The lowest BCUT2D eigenvalue weighted by Gasteiger charge is -2.29. The summed E-state index contributed by atoms with van der Waals surface area (Å²) in [4.78, 5) is 102. The van der Waals surface area contributed by atoms with Gasteiger partial charge in [-0.1, -0.05) is 53.7 Å². The normalized spacial score (nSPS) is 14.6. The SMILES string of the molecule is CNC(=O)C[C@H](NC(=O)[C@@H](NC(=O)[C@@H](NC(=O)[C@@H](N)Cc1ccc(O)cc1)C(C)C)C(C)C)C(=O)N[C@@H](CC(=O)O)C(=O)N[C@@H](CC(C)C)C(=O)O. The fourth-order valence-corrected chi connectivity index (χ4v) is 4.93. The molecule has 0 radical (unpaired) electrons. The molecule has 0 fully saturated rings. The molecule has 18 nitrogen and oxygen atoms in total. The molecule has 18 heteroatoms. The van der Waals surface area contributed by atoms with Crippen molar-refractivity contribution in [1.29, 1.82) is 0 Å². The predicted octanol–water partition coefficient (Wildman–Crippen LogP) is -1.26. The van der Waals surface area contributed by atoms with Crippen molar-refractivity contribution >= 4 is 47.4 Å². The van der Waals surface area contributed by atoms with E-state index < -0.39 is 108 Å². The minimum absolute atomic E-state index is 0.0143. The van der Waals surface area contributed by atoms with Gasteiger partial charge >= 0.3 is 11.9 Å². The van der Waals surface area contributed by atoms with Crippen LogP contribution in [-0.4, -0.2) is 106 Å². The Morgan fingerprint density at radius 1 is 0.635 bits per heavy atom. The third kappa shape index (κ3) is 15.3. The molecular formula is C34H53N7O11. The van der Waals surface area contributed by atoms with E-state index in [-0.39, 0.29) is 24.5 Å². The number of carboxylic acids is 2. The van der Waals surface area contributed by atoms with Crippen molar-refractivity contribution < 1.29 is 53.7 Å². The van der Waals surface area contributed by atoms with Gasteiger partial charge in [0.25, 0.3) is 0 Å². The highest BCUT2D eigenvalue weighted by Crippen LogP contribution is 2.13. The zero-order chi connectivity index (χ0) is 39.9. The summed E-state index contributed by atoms with van der Waals surface area (Å²) in [6.07, 6.45) is -1.47. The number of phenolic OH excluding ortho intramolecular Hbond substituents is 1. The Morgan fingerprint density at radius 2 is 1.08 bits per heavy atom. The van der Waals surface area contributed by atoms with Gasteiger partial charge in [0.2, 0.25) is 35.4 Å². The maximum absolute atomic E-state index is 13.6. The van der Waals surface area contributed by atoms with Crippen molar-refractivity contribution in [1.82, 2.24) is 31.9 Å². The average Bonchev–Trinajstić information content (AvgIpc) is 3.04. The highest BCUT2D eigenvalue weighted by Gasteiger charge is 2.36. The van der Waals surface area contributed by atoms with Gasteiger partial charge in [0, 0.05) is 7.05 Å². The number of rotatable bonds is 21. The molecule has 11 N–H and O–H groups in total. The first-order chi connectivity index (χ1) is 24.2. The monoisotopic (exact) mass is 735 g/mol. The number of hydrogen-bond donors (Lipinski definition) is 10. The number of aromatic hydroxyl groups is 1. The summed E-state index contributed by atoms with van der Waals surface area (Å²) >= 11 is 0. The second-order valence-electron chi connectivity index (χ2n) is 13.6. The van der Waals surface area contributed by atoms with Crippen LogP contribution in [0.4, 0.5) is 0 Å². The summed E-state index contributed by atoms with van der Waals surface area (Å²) in [6.45, 7) is 9.95. The number of aliphatic carboxylic acids is 2. The molecule has 0 aliphatic heterocycles. The van der Waals surface area contributed by atoms with E-state index in [1.54, 1.807) is 53.7 Å². The standard InChI is InChI=1S/C34H53N7O11/c1-16(2)12-24(34(51)52)39-31(48)23(15-26(44)45)37-30(47)22(14-25(43)36-7)38-32(49)27(17(3)4)41-33(50)28(18(5)6)40-29(46)21(35)13-19-8-10-20(42)11-9-19/h8-11,16-18,21-24,27-28,42H,12-15,35H2,1-7H3,(H,36,43)(H,37,47)(H,38,49)(H,39,48)(H,40,46)(H,41,50)(H,44,45)(H,51,52)/t21-,22-,23-,24-,27-,28-/m0/s1. The largest absolute Gasteiger partial charge is 0.508 e. The molecule has 0 spiro atoms. The topological polar surface area (TPSA) is 295 Å². The van der Waals surface area contributed by atoms with Crippen LogP contribution >= 0.6 is 0 Å². The number of carbonyl (C=O) groups is 8. The lowest BCUT2D eigenvalue weighted by atomic mass is 9.98. The van der Waals surface area contributed by atoms with Gasteiger partial charge in [0.05, 0.1) is 18.9 Å². The predicted molar refractivity (Wildman–Crippen MR) is 187 cm³/mol. The van der Waals surface area contributed by atoms with Gasteiger partial charge < -0.3 is 53.0 Å². The molecular weight excluding hydrogens is 682 g/mol. The van der Waals surface area contributed by atoms with E-state index >= 15 is 0 Å². The summed E-state index contributed by atoms with van der Waals surface area (Å²) in [5, 5.41) is 42.7. The molecule has 0 aromatic heterocycles. The number of nitrogens with one attached hydrogen (secondary N) is 6. The fourth-order valence-electron chi connectivity index (χ4n) is 4.93. The molecule has 0 aliphatic rings. The van der Waals surface area contributed by atoms with E-state index in [0.717, 1.165) is 0 Å². The average molecular weight is 736 g/mol. The highest BCUT2D eigenvalue weighted by molar-refractivity contribution is 5.98. The Bertz CT molecular complexity index is 1430. The number of amides is 6. The van der Waals surface area contributed by atoms with Crippen molar-refractivity contribution in [2.75, 3.05) is 7.05 Å². The maximum atomic E-state index is 13.6. The molecule has 0 saturated heterocycles. The second-order valence-corrected chi connectivity index (χ2v) is 13.6. The van der Waals surface area contributed by atoms with Crippen LogP contribution in [0, 0.1) is 17.8 Å². The lowest BCUT2D eigenvalue weighted by molar-refractivity contribution is -0.144. The van der Waals surface area contributed by atoms with Crippen molar-refractivity contribution in [3.63, 3.8) is 0 Å². The molecule has 6 atom stereocenters. The van der Waals surface area contributed by atoms with Crippen LogP contribution in [0.3, 0.4) is 0 Å². The quantitative estimate of drug-likeness (QED) is 0.0708. The summed E-state index contributed by atoms with van der Waals surface area (Å²) in [5.74, 6) is -9.28. The molecule has 0 heterocycles. The summed E-state index contributed by atoms with van der Waals surface area (Å²) < 4.78 is 0. The third-order valence-corrected chi connectivity index (χ3v) is 7.86. The molecule has 6 amide bonds. The Balaban J connectivity index is 3.19. The summed E-state index contributed by atoms with van der Waals surface area (Å²) in [7, 11) is 1.27. The smallest absolute Gasteiger partial charge is 0.326 e. The van der Waals surface area contributed by atoms with Crippen LogP contribution in [0.5, 0.6) is 5.75 Å². The minimum atomic E-state index is -1.78. The number of carboxylic acid groups (broad SMARTS) is 2. The number of hydrogen-bond acceptors (Lipinski definition) is 10. The minimum Gasteiger partial charge on any atom is -0.508 e. The highest BCUT2D eigenvalue weighted by atomic mass is 16.4. The number of benzene rings is 1. The van der Waals surface area contributed by atoms with E-state index in [2.05, 4.69) is 31.9 Å². The molecule has 1 aromatic carbocycles. The second kappa shape index (κ2) is 21.2. The first-order valence-corrected chi connectivity index (χ1v) is 16.9.